The van der Waals surface area contributed by atoms with Crippen molar-refractivity contribution in [3.05, 3.63) is 41.2 Å². The first-order chi connectivity index (χ1) is 11.1. The Morgan fingerprint density at radius 1 is 1.04 bits per heavy atom. The Labute approximate surface area is 135 Å². The third kappa shape index (κ3) is 2.51. The van der Waals surface area contributed by atoms with Crippen LogP contribution in [0.2, 0.25) is 0 Å². The molecule has 4 nitrogen and oxygen atoms in total. The van der Waals surface area contributed by atoms with Crippen molar-refractivity contribution in [1.82, 2.24) is 0 Å². The topological polar surface area (TPSA) is 53.7 Å². The maximum atomic E-state index is 14.2. The maximum absolute atomic E-state index is 14.2. The number of halogens is 1. The predicted molar refractivity (Wildman–Crippen MR) is 86.7 cm³/mol. The molecule has 1 aliphatic carbocycles. The van der Waals surface area contributed by atoms with Gasteiger partial charge in [0.05, 0.1) is 26.9 Å². The van der Waals surface area contributed by atoms with Crippen molar-refractivity contribution in [3.63, 3.8) is 0 Å². The van der Waals surface area contributed by atoms with Gasteiger partial charge in [-0.2, -0.15) is 0 Å². The Morgan fingerprint density at radius 3 is 2.26 bits per heavy atom. The Bertz CT molecular complexity index is 720. The molecule has 3 rings (SSSR count). The van der Waals surface area contributed by atoms with E-state index >= 15 is 0 Å². The summed E-state index contributed by atoms with van der Waals surface area (Å²) in [5.41, 5.74) is 9.27. The highest BCUT2D eigenvalue weighted by Gasteiger charge is 2.28. The Kier molecular flexibility index (Phi) is 4.13. The number of hydrogen-bond acceptors (Lipinski definition) is 4. The van der Waals surface area contributed by atoms with Crippen LogP contribution in [0.25, 0.3) is 11.1 Å². The van der Waals surface area contributed by atoms with E-state index in [1.165, 1.54) is 6.07 Å². The second-order valence-electron chi connectivity index (χ2n) is 5.54. The minimum Gasteiger partial charge on any atom is -0.496 e. The lowest BCUT2D eigenvalue weighted by Gasteiger charge is -2.18. The molecule has 1 aliphatic rings. The molecule has 0 spiro atoms. The molecule has 0 fully saturated rings. The summed E-state index contributed by atoms with van der Waals surface area (Å²) < 4.78 is 30.5. The lowest BCUT2D eigenvalue weighted by atomic mass is 9.94. The maximum Gasteiger partial charge on any atom is 0.134 e. The van der Waals surface area contributed by atoms with Gasteiger partial charge in [-0.3, -0.25) is 0 Å². The number of methoxy groups -OCH3 is 3. The molecule has 5 heteroatoms. The van der Waals surface area contributed by atoms with Crippen LogP contribution in [0.3, 0.4) is 0 Å². The van der Waals surface area contributed by atoms with E-state index in [-0.39, 0.29) is 11.9 Å². The predicted octanol–water partition coefficient (Wildman–Crippen LogP) is 3.46. The summed E-state index contributed by atoms with van der Waals surface area (Å²) in [5.74, 6) is 1.63. The Balaban J connectivity index is 2.28. The number of benzene rings is 2. The van der Waals surface area contributed by atoms with Gasteiger partial charge < -0.3 is 19.9 Å². The minimum absolute atomic E-state index is 0.250. The number of nitrogens with two attached hydrogens (primary N) is 1. The van der Waals surface area contributed by atoms with Gasteiger partial charge in [-0.15, -0.1) is 0 Å². The largest absolute Gasteiger partial charge is 0.496 e. The van der Waals surface area contributed by atoms with Gasteiger partial charge in [-0.05, 0) is 30.0 Å². The van der Waals surface area contributed by atoms with Crippen molar-refractivity contribution in [2.45, 2.75) is 18.9 Å². The molecule has 0 heterocycles. The summed E-state index contributed by atoms with van der Waals surface area (Å²) in [7, 11) is 4.77. The van der Waals surface area contributed by atoms with E-state index in [2.05, 4.69) is 0 Å². The summed E-state index contributed by atoms with van der Waals surface area (Å²) in [6, 6.07) is 6.55. The van der Waals surface area contributed by atoms with E-state index in [1.807, 2.05) is 0 Å². The monoisotopic (exact) mass is 317 g/mol. The molecular formula is C18H20FNO3. The molecule has 122 valence electrons. The highest BCUT2D eigenvalue weighted by molar-refractivity contribution is 5.81. The summed E-state index contributed by atoms with van der Waals surface area (Å²) in [6.45, 7) is 0. The van der Waals surface area contributed by atoms with E-state index in [0.717, 1.165) is 29.5 Å². The zero-order valence-electron chi connectivity index (χ0n) is 13.5. The van der Waals surface area contributed by atoms with Gasteiger partial charge in [-0.25, -0.2) is 4.39 Å². The fraction of sp³-hybridized carbons (Fsp3) is 0.333. The molecule has 0 saturated carbocycles. The first-order valence-electron chi connectivity index (χ1n) is 7.48. The molecule has 2 aromatic rings. The highest BCUT2D eigenvalue weighted by Crippen LogP contribution is 2.46. The van der Waals surface area contributed by atoms with Gasteiger partial charge in [0.15, 0.2) is 0 Å². The minimum atomic E-state index is -0.264. The van der Waals surface area contributed by atoms with Crippen molar-refractivity contribution in [2.24, 2.45) is 5.73 Å². The SMILES string of the molecule is COc1cc(OC)c(-c2ccc(F)c3c2CC[C@H]3N)c(OC)c1. The molecule has 23 heavy (non-hydrogen) atoms. The van der Waals surface area contributed by atoms with Crippen LogP contribution in [-0.4, -0.2) is 21.3 Å². The lowest BCUT2D eigenvalue weighted by molar-refractivity contribution is 0.377. The van der Waals surface area contributed by atoms with Crippen LogP contribution in [0.4, 0.5) is 4.39 Å². The summed E-state index contributed by atoms with van der Waals surface area (Å²) >= 11 is 0. The first-order valence-corrected chi connectivity index (χ1v) is 7.48. The van der Waals surface area contributed by atoms with Crippen molar-refractivity contribution >= 4 is 0 Å². The molecule has 0 saturated heterocycles. The average Bonchev–Trinajstić information content (AvgIpc) is 2.97. The molecule has 0 radical (unpaired) electrons. The fourth-order valence-corrected chi connectivity index (χ4v) is 3.26. The van der Waals surface area contributed by atoms with Gasteiger partial charge in [0, 0.05) is 23.7 Å². The van der Waals surface area contributed by atoms with E-state index < -0.39 is 0 Å². The van der Waals surface area contributed by atoms with E-state index in [1.54, 1.807) is 39.5 Å². The van der Waals surface area contributed by atoms with Crippen LogP contribution in [0, 0.1) is 5.82 Å². The third-order valence-corrected chi connectivity index (χ3v) is 4.36. The van der Waals surface area contributed by atoms with Crippen LogP contribution in [0.1, 0.15) is 23.6 Å². The molecule has 0 aliphatic heterocycles. The quantitative estimate of drug-likeness (QED) is 0.938. The standard InChI is InChI=1S/C18H20FNO3/c1-21-10-8-15(22-2)18(16(9-10)23-3)12-4-6-13(19)17-11(12)5-7-14(17)20/h4,6,8-9,14H,5,7,20H2,1-3H3/t14-/m1/s1. The van der Waals surface area contributed by atoms with Gasteiger partial charge in [-0.1, -0.05) is 6.07 Å². The molecule has 1 atom stereocenters. The first kappa shape index (κ1) is 15.6. The summed E-state index contributed by atoms with van der Waals surface area (Å²) in [4.78, 5) is 0. The number of rotatable bonds is 4. The highest BCUT2D eigenvalue weighted by atomic mass is 19.1. The third-order valence-electron chi connectivity index (χ3n) is 4.36. The van der Waals surface area contributed by atoms with Crippen LogP contribution < -0.4 is 19.9 Å². The van der Waals surface area contributed by atoms with E-state index in [0.29, 0.717) is 22.8 Å². The van der Waals surface area contributed by atoms with Crippen LogP contribution in [0.15, 0.2) is 24.3 Å². The van der Waals surface area contributed by atoms with Crippen LogP contribution >= 0.6 is 0 Å². The normalized spacial score (nSPS) is 16.1. The van der Waals surface area contributed by atoms with Crippen LogP contribution in [0.5, 0.6) is 17.2 Å². The van der Waals surface area contributed by atoms with Gasteiger partial charge >= 0.3 is 0 Å². The summed E-state index contributed by atoms with van der Waals surface area (Å²) in [5, 5.41) is 0. The van der Waals surface area contributed by atoms with Crippen molar-refractivity contribution < 1.29 is 18.6 Å². The van der Waals surface area contributed by atoms with Crippen molar-refractivity contribution in [2.75, 3.05) is 21.3 Å². The average molecular weight is 317 g/mol. The Hall–Kier alpha value is -2.27. The summed E-state index contributed by atoms with van der Waals surface area (Å²) in [6.07, 6.45) is 1.48. The van der Waals surface area contributed by atoms with Gasteiger partial charge in [0.25, 0.3) is 0 Å². The smallest absolute Gasteiger partial charge is 0.134 e. The lowest BCUT2D eigenvalue weighted by Crippen LogP contribution is -2.07. The number of hydrogen-bond donors (Lipinski definition) is 1. The van der Waals surface area contributed by atoms with Crippen LogP contribution in [-0.2, 0) is 6.42 Å². The van der Waals surface area contributed by atoms with Crippen molar-refractivity contribution in [1.29, 1.82) is 0 Å². The number of ether oxygens (including phenoxy) is 3. The zero-order chi connectivity index (χ0) is 16.6. The Morgan fingerprint density at radius 2 is 1.70 bits per heavy atom. The molecule has 0 amide bonds. The van der Waals surface area contributed by atoms with Crippen molar-refractivity contribution in [3.8, 4) is 28.4 Å². The van der Waals surface area contributed by atoms with Gasteiger partial charge in [0.2, 0.25) is 0 Å². The van der Waals surface area contributed by atoms with E-state index in [4.69, 9.17) is 19.9 Å². The molecular weight excluding hydrogens is 297 g/mol. The zero-order valence-corrected chi connectivity index (χ0v) is 13.5. The number of fused-ring (bicyclic) bond motifs is 1. The van der Waals surface area contributed by atoms with Gasteiger partial charge in [0.1, 0.15) is 23.1 Å². The molecule has 2 N–H and O–H groups in total. The second-order valence-corrected chi connectivity index (χ2v) is 5.54. The molecule has 0 bridgehead atoms. The second kappa shape index (κ2) is 6.08. The fourth-order valence-electron chi connectivity index (χ4n) is 3.26. The molecule has 0 aromatic heterocycles. The molecule has 0 unspecified atom stereocenters. The van der Waals surface area contributed by atoms with E-state index in [9.17, 15) is 4.39 Å². The molecule has 2 aromatic carbocycles.